The molecule has 1 aromatic carbocycles. The highest BCUT2D eigenvalue weighted by molar-refractivity contribution is 7.99. The zero-order chi connectivity index (χ0) is 12.2. The lowest BCUT2D eigenvalue weighted by molar-refractivity contribution is 0.240. The van der Waals surface area contributed by atoms with Crippen molar-refractivity contribution in [2.75, 3.05) is 24.7 Å². The highest BCUT2D eigenvalue weighted by Gasteiger charge is 2.15. The molecule has 0 aromatic heterocycles. The number of hydrogen-bond acceptors (Lipinski definition) is 3. The predicted molar refractivity (Wildman–Crippen MR) is 77.4 cm³/mol. The minimum Gasteiger partial charge on any atom is -0.493 e. The van der Waals surface area contributed by atoms with Crippen LogP contribution in [0.1, 0.15) is 24.0 Å². The topological polar surface area (TPSA) is 21.3 Å². The number of thioether (sulfide) groups is 1. The standard InChI is InChI=1S/C15H21NOS/c1-2-15(9-13-3-6-16-10-14(1)13)17-11-12-4-7-18-8-5-12/h1-2,9,12,16H,3-8,10-11H2. The van der Waals surface area contributed by atoms with Gasteiger partial charge >= 0.3 is 0 Å². The van der Waals surface area contributed by atoms with E-state index < -0.39 is 0 Å². The Kier molecular flexibility index (Phi) is 4.11. The lowest BCUT2D eigenvalue weighted by Gasteiger charge is -2.22. The Morgan fingerprint density at radius 2 is 2.11 bits per heavy atom. The van der Waals surface area contributed by atoms with Gasteiger partial charge in [0.25, 0.3) is 0 Å². The molecular formula is C15H21NOS. The molecule has 0 aliphatic carbocycles. The smallest absolute Gasteiger partial charge is 0.119 e. The minimum atomic E-state index is 0.768. The van der Waals surface area contributed by atoms with Crippen molar-refractivity contribution in [3.63, 3.8) is 0 Å². The second-order valence-corrected chi connectivity index (χ2v) is 6.45. The Bertz CT molecular complexity index is 401. The predicted octanol–water partition coefficient (Wildman–Crippen LogP) is 2.85. The molecule has 1 saturated heterocycles. The van der Waals surface area contributed by atoms with Crippen molar-refractivity contribution in [2.24, 2.45) is 5.92 Å². The Morgan fingerprint density at radius 1 is 1.22 bits per heavy atom. The first kappa shape index (κ1) is 12.4. The summed E-state index contributed by atoms with van der Waals surface area (Å²) in [5.74, 6) is 4.45. The van der Waals surface area contributed by atoms with Gasteiger partial charge in [-0.2, -0.15) is 11.8 Å². The van der Waals surface area contributed by atoms with Gasteiger partial charge in [0, 0.05) is 6.54 Å². The molecule has 2 aliphatic rings. The molecule has 0 radical (unpaired) electrons. The summed E-state index contributed by atoms with van der Waals surface area (Å²) in [4.78, 5) is 0. The second-order valence-electron chi connectivity index (χ2n) is 5.22. The molecular weight excluding hydrogens is 242 g/mol. The van der Waals surface area contributed by atoms with Gasteiger partial charge < -0.3 is 10.1 Å². The van der Waals surface area contributed by atoms with E-state index >= 15 is 0 Å². The summed E-state index contributed by atoms with van der Waals surface area (Å²) in [6, 6.07) is 6.59. The summed E-state index contributed by atoms with van der Waals surface area (Å²) in [6.45, 7) is 3.00. The second kappa shape index (κ2) is 5.98. The zero-order valence-electron chi connectivity index (χ0n) is 10.8. The number of nitrogens with one attached hydrogen (secondary N) is 1. The van der Waals surface area contributed by atoms with E-state index in [2.05, 4.69) is 35.3 Å². The van der Waals surface area contributed by atoms with E-state index in [0.717, 1.165) is 37.8 Å². The van der Waals surface area contributed by atoms with Crippen molar-refractivity contribution in [1.82, 2.24) is 5.32 Å². The zero-order valence-corrected chi connectivity index (χ0v) is 11.6. The third-order valence-corrected chi connectivity index (χ3v) is 4.94. The van der Waals surface area contributed by atoms with Crippen LogP contribution in [0.5, 0.6) is 5.75 Å². The van der Waals surface area contributed by atoms with Crippen LogP contribution in [-0.2, 0) is 13.0 Å². The van der Waals surface area contributed by atoms with Gasteiger partial charge in [-0.25, -0.2) is 0 Å². The molecule has 2 aliphatic heterocycles. The Labute approximate surface area is 113 Å². The summed E-state index contributed by atoms with van der Waals surface area (Å²) in [5, 5.41) is 3.40. The lowest BCUT2D eigenvalue weighted by atomic mass is 10.0. The van der Waals surface area contributed by atoms with Gasteiger partial charge in [-0.1, -0.05) is 6.07 Å². The average molecular weight is 263 g/mol. The number of benzene rings is 1. The maximum absolute atomic E-state index is 5.98. The molecule has 2 nitrogen and oxygen atoms in total. The molecule has 1 N–H and O–H groups in total. The van der Waals surface area contributed by atoms with E-state index in [1.807, 2.05) is 0 Å². The highest BCUT2D eigenvalue weighted by Crippen LogP contribution is 2.25. The van der Waals surface area contributed by atoms with Crippen molar-refractivity contribution < 1.29 is 4.74 Å². The van der Waals surface area contributed by atoms with Gasteiger partial charge in [-0.15, -0.1) is 0 Å². The minimum absolute atomic E-state index is 0.768. The quantitative estimate of drug-likeness (QED) is 0.906. The van der Waals surface area contributed by atoms with Crippen molar-refractivity contribution in [1.29, 1.82) is 0 Å². The Hall–Kier alpha value is -0.670. The van der Waals surface area contributed by atoms with Crippen molar-refractivity contribution in [3.05, 3.63) is 29.3 Å². The number of fused-ring (bicyclic) bond motifs is 1. The Balaban J connectivity index is 1.58. The van der Waals surface area contributed by atoms with Gasteiger partial charge in [0.2, 0.25) is 0 Å². The highest BCUT2D eigenvalue weighted by atomic mass is 32.2. The van der Waals surface area contributed by atoms with Gasteiger partial charge in [-0.3, -0.25) is 0 Å². The molecule has 0 bridgehead atoms. The fraction of sp³-hybridized carbons (Fsp3) is 0.600. The first-order valence-electron chi connectivity index (χ1n) is 6.95. The van der Waals surface area contributed by atoms with E-state index in [1.54, 1.807) is 0 Å². The molecule has 0 amide bonds. The molecule has 98 valence electrons. The van der Waals surface area contributed by atoms with Crippen molar-refractivity contribution in [3.8, 4) is 5.75 Å². The number of rotatable bonds is 3. The molecule has 0 unspecified atom stereocenters. The first-order chi connectivity index (χ1) is 8.92. The van der Waals surface area contributed by atoms with Gasteiger partial charge in [-0.05, 0) is 66.5 Å². The van der Waals surface area contributed by atoms with Crippen molar-refractivity contribution >= 4 is 11.8 Å². The normalized spacial score (nSPS) is 20.4. The largest absolute Gasteiger partial charge is 0.493 e. The monoisotopic (exact) mass is 263 g/mol. The van der Waals surface area contributed by atoms with E-state index in [-0.39, 0.29) is 0 Å². The van der Waals surface area contributed by atoms with Crippen LogP contribution >= 0.6 is 11.8 Å². The molecule has 1 fully saturated rings. The maximum Gasteiger partial charge on any atom is 0.119 e. The van der Waals surface area contributed by atoms with Crippen LogP contribution in [0.4, 0.5) is 0 Å². The molecule has 1 aromatic rings. The summed E-state index contributed by atoms with van der Waals surface area (Å²) in [6.07, 6.45) is 3.77. The summed E-state index contributed by atoms with van der Waals surface area (Å²) in [7, 11) is 0. The van der Waals surface area contributed by atoms with Crippen molar-refractivity contribution in [2.45, 2.75) is 25.8 Å². The van der Waals surface area contributed by atoms with Crippen LogP contribution in [0.3, 0.4) is 0 Å². The van der Waals surface area contributed by atoms with Crippen LogP contribution in [0.25, 0.3) is 0 Å². The fourth-order valence-electron chi connectivity index (χ4n) is 2.67. The number of hydrogen-bond donors (Lipinski definition) is 1. The van der Waals surface area contributed by atoms with Crippen LogP contribution in [0.2, 0.25) is 0 Å². The van der Waals surface area contributed by atoms with Gasteiger partial charge in [0.05, 0.1) is 6.61 Å². The molecule has 3 heteroatoms. The third kappa shape index (κ3) is 3.01. The molecule has 0 atom stereocenters. The lowest BCUT2D eigenvalue weighted by Crippen LogP contribution is -2.23. The van der Waals surface area contributed by atoms with E-state index in [0.29, 0.717) is 0 Å². The van der Waals surface area contributed by atoms with Crippen LogP contribution in [0, 0.1) is 5.92 Å². The van der Waals surface area contributed by atoms with E-state index in [9.17, 15) is 0 Å². The van der Waals surface area contributed by atoms with Gasteiger partial charge in [0.15, 0.2) is 0 Å². The van der Waals surface area contributed by atoms with Crippen LogP contribution in [0.15, 0.2) is 18.2 Å². The molecule has 2 heterocycles. The average Bonchev–Trinajstić information content (AvgIpc) is 2.46. The summed E-state index contributed by atoms with van der Waals surface area (Å²) in [5.41, 5.74) is 2.90. The third-order valence-electron chi connectivity index (χ3n) is 3.89. The SMILES string of the molecule is c1cc2c(cc1OCC1CCSCC1)CCNC2. The van der Waals surface area contributed by atoms with E-state index in [4.69, 9.17) is 4.74 Å². The Morgan fingerprint density at radius 3 is 3.00 bits per heavy atom. The van der Waals surface area contributed by atoms with Gasteiger partial charge in [0.1, 0.15) is 5.75 Å². The summed E-state index contributed by atoms with van der Waals surface area (Å²) >= 11 is 2.08. The van der Waals surface area contributed by atoms with Crippen LogP contribution in [-0.4, -0.2) is 24.7 Å². The number of ether oxygens (including phenoxy) is 1. The summed E-state index contributed by atoms with van der Waals surface area (Å²) < 4.78 is 5.98. The van der Waals surface area contributed by atoms with Crippen LogP contribution < -0.4 is 10.1 Å². The molecule has 18 heavy (non-hydrogen) atoms. The first-order valence-corrected chi connectivity index (χ1v) is 8.10. The fourth-order valence-corrected chi connectivity index (χ4v) is 3.87. The molecule has 0 saturated carbocycles. The maximum atomic E-state index is 5.98. The molecule has 0 spiro atoms. The molecule has 3 rings (SSSR count). The van der Waals surface area contributed by atoms with E-state index in [1.165, 1.54) is 35.5 Å².